The van der Waals surface area contributed by atoms with Crippen LogP contribution in [-0.4, -0.2) is 10.4 Å². The third kappa shape index (κ3) is 2.46. The fourth-order valence-corrected chi connectivity index (χ4v) is 1.71. The summed E-state index contributed by atoms with van der Waals surface area (Å²) in [5, 5.41) is 8.77. The second kappa shape index (κ2) is 4.84. The van der Waals surface area contributed by atoms with Crippen LogP contribution in [0.25, 0.3) is 0 Å². The van der Waals surface area contributed by atoms with Crippen molar-refractivity contribution >= 4 is 5.78 Å². The Bertz CT molecular complexity index is 637. The van der Waals surface area contributed by atoms with Gasteiger partial charge in [0.2, 0.25) is 0 Å². The van der Waals surface area contributed by atoms with E-state index in [-0.39, 0.29) is 11.6 Å². The third-order valence-corrected chi connectivity index (χ3v) is 2.68. The van der Waals surface area contributed by atoms with E-state index in [4.69, 9.17) is 5.26 Å². The van der Waals surface area contributed by atoms with Crippen LogP contribution in [0.2, 0.25) is 0 Å². The van der Waals surface area contributed by atoms with Crippen molar-refractivity contribution in [2.24, 2.45) is 0 Å². The second-order valence-electron chi connectivity index (χ2n) is 4.05. The molecule has 0 N–H and O–H groups in total. The number of benzene rings is 1. The zero-order valence-corrected chi connectivity index (χ0v) is 9.85. The van der Waals surface area contributed by atoms with E-state index in [9.17, 15) is 9.18 Å². The number of halogens is 1. The summed E-state index contributed by atoms with van der Waals surface area (Å²) in [7, 11) is 0. The lowest BCUT2D eigenvalue weighted by atomic mass is 10.1. The highest BCUT2D eigenvalue weighted by Crippen LogP contribution is 2.13. The lowest BCUT2D eigenvalue weighted by Crippen LogP contribution is -2.00. The van der Waals surface area contributed by atoms with E-state index in [0.717, 1.165) is 0 Å². The van der Waals surface area contributed by atoms with E-state index in [1.165, 1.54) is 25.1 Å². The molecule has 0 fully saturated rings. The van der Waals surface area contributed by atoms with Crippen LogP contribution in [-0.2, 0) is 6.54 Å². The number of carbonyl (C=O) groups is 1. The predicted octanol–water partition coefficient (Wildman–Crippen LogP) is 2.75. The Morgan fingerprint density at radius 2 is 2.22 bits per heavy atom. The Labute approximate surface area is 104 Å². The molecule has 0 saturated heterocycles. The first-order chi connectivity index (χ1) is 8.60. The molecule has 18 heavy (non-hydrogen) atoms. The van der Waals surface area contributed by atoms with Crippen LogP contribution in [0.5, 0.6) is 0 Å². The van der Waals surface area contributed by atoms with E-state index in [0.29, 0.717) is 23.2 Å². The van der Waals surface area contributed by atoms with Crippen LogP contribution in [0, 0.1) is 17.1 Å². The Balaban J connectivity index is 2.28. The molecule has 1 heterocycles. The van der Waals surface area contributed by atoms with Gasteiger partial charge in [-0.15, -0.1) is 0 Å². The Morgan fingerprint density at radius 1 is 1.44 bits per heavy atom. The van der Waals surface area contributed by atoms with Crippen LogP contribution in [0.3, 0.4) is 0 Å². The van der Waals surface area contributed by atoms with Crippen LogP contribution < -0.4 is 0 Å². The lowest BCUT2D eigenvalue weighted by molar-refractivity contribution is 0.101. The summed E-state index contributed by atoms with van der Waals surface area (Å²) in [6.45, 7) is 1.78. The van der Waals surface area contributed by atoms with Crippen molar-refractivity contribution in [3.8, 4) is 6.07 Å². The van der Waals surface area contributed by atoms with Gasteiger partial charge in [0.05, 0.1) is 11.6 Å². The fourth-order valence-electron chi connectivity index (χ4n) is 1.71. The molecule has 4 heteroatoms. The van der Waals surface area contributed by atoms with E-state index in [1.54, 1.807) is 23.0 Å². The summed E-state index contributed by atoms with van der Waals surface area (Å²) in [4.78, 5) is 11.1. The van der Waals surface area contributed by atoms with Gasteiger partial charge in [0.1, 0.15) is 5.82 Å². The van der Waals surface area contributed by atoms with Gasteiger partial charge in [0.15, 0.2) is 5.78 Å². The minimum absolute atomic E-state index is 0.0278. The zero-order chi connectivity index (χ0) is 13.1. The maximum atomic E-state index is 13.6. The summed E-state index contributed by atoms with van der Waals surface area (Å²) in [5.74, 6) is -0.382. The largest absolute Gasteiger partial charge is 0.349 e. The van der Waals surface area contributed by atoms with Crippen LogP contribution >= 0.6 is 0 Å². The minimum atomic E-state index is -0.355. The maximum Gasteiger partial charge on any atom is 0.161 e. The topological polar surface area (TPSA) is 45.8 Å². The quantitative estimate of drug-likeness (QED) is 0.777. The van der Waals surface area contributed by atoms with Crippen LogP contribution in [0.15, 0.2) is 36.7 Å². The van der Waals surface area contributed by atoms with Crippen molar-refractivity contribution in [3.63, 3.8) is 0 Å². The number of carbonyl (C=O) groups excluding carboxylic acids is 1. The second-order valence-corrected chi connectivity index (χ2v) is 4.05. The molecule has 0 radical (unpaired) electrons. The molecule has 0 spiro atoms. The molecule has 0 atom stereocenters. The zero-order valence-electron chi connectivity index (χ0n) is 9.85. The standard InChI is InChI=1S/C14H11FN2O/c1-10(18)12-4-5-17(8-12)9-13-6-11(7-16)2-3-14(13)15/h2-6,8H,9H2,1H3. The molecular formula is C14H11FN2O. The third-order valence-electron chi connectivity index (χ3n) is 2.68. The predicted molar refractivity (Wildman–Crippen MR) is 64.7 cm³/mol. The van der Waals surface area contributed by atoms with E-state index >= 15 is 0 Å². The van der Waals surface area contributed by atoms with Gasteiger partial charge in [0, 0.05) is 30.1 Å². The van der Waals surface area contributed by atoms with Gasteiger partial charge in [0.25, 0.3) is 0 Å². The molecule has 0 unspecified atom stereocenters. The molecular weight excluding hydrogens is 231 g/mol. The number of nitrogens with zero attached hydrogens (tertiary/aromatic N) is 2. The molecule has 0 aliphatic rings. The Kier molecular flexibility index (Phi) is 3.24. The molecule has 0 aliphatic heterocycles. The van der Waals surface area contributed by atoms with Crippen molar-refractivity contribution < 1.29 is 9.18 Å². The number of ketones is 1. The smallest absolute Gasteiger partial charge is 0.161 e. The molecule has 0 aliphatic carbocycles. The lowest BCUT2D eigenvalue weighted by Gasteiger charge is -2.05. The van der Waals surface area contributed by atoms with Gasteiger partial charge in [-0.1, -0.05) is 0 Å². The summed E-state index contributed by atoms with van der Waals surface area (Å²) >= 11 is 0. The van der Waals surface area contributed by atoms with Gasteiger partial charge in [-0.05, 0) is 31.2 Å². The van der Waals surface area contributed by atoms with E-state index < -0.39 is 0 Å². The molecule has 0 bridgehead atoms. The molecule has 2 rings (SSSR count). The molecule has 1 aromatic carbocycles. The first-order valence-electron chi connectivity index (χ1n) is 5.45. The number of nitriles is 1. The molecule has 90 valence electrons. The molecule has 2 aromatic rings. The Morgan fingerprint density at radius 3 is 2.83 bits per heavy atom. The van der Waals surface area contributed by atoms with Gasteiger partial charge in [-0.3, -0.25) is 4.79 Å². The number of hydrogen-bond acceptors (Lipinski definition) is 2. The summed E-state index contributed by atoms with van der Waals surface area (Å²) in [6.07, 6.45) is 3.38. The van der Waals surface area contributed by atoms with Crippen molar-refractivity contribution in [1.29, 1.82) is 5.26 Å². The number of aromatic nitrogens is 1. The highest BCUT2D eigenvalue weighted by Gasteiger charge is 2.06. The van der Waals surface area contributed by atoms with Crippen LogP contribution in [0.1, 0.15) is 28.4 Å². The number of rotatable bonds is 3. The average molecular weight is 242 g/mol. The SMILES string of the molecule is CC(=O)c1ccn(Cc2cc(C#N)ccc2F)c1. The minimum Gasteiger partial charge on any atom is -0.349 e. The van der Waals surface area contributed by atoms with Crippen molar-refractivity contribution in [3.05, 3.63) is 59.2 Å². The highest BCUT2D eigenvalue weighted by molar-refractivity contribution is 5.93. The van der Waals surface area contributed by atoms with Crippen molar-refractivity contribution in [2.45, 2.75) is 13.5 Å². The summed E-state index contributed by atoms with van der Waals surface area (Å²) in [5.41, 5.74) is 1.44. The maximum absolute atomic E-state index is 13.6. The fraction of sp³-hybridized carbons (Fsp3) is 0.143. The van der Waals surface area contributed by atoms with Gasteiger partial charge in [-0.2, -0.15) is 5.26 Å². The normalized spacial score (nSPS) is 10.1. The van der Waals surface area contributed by atoms with Gasteiger partial charge < -0.3 is 4.57 Å². The molecule has 0 saturated carbocycles. The average Bonchev–Trinajstić information content (AvgIpc) is 2.81. The van der Waals surface area contributed by atoms with Crippen molar-refractivity contribution in [1.82, 2.24) is 4.57 Å². The summed E-state index contributed by atoms with van der Waals surface area (Å²) in [6, 6.07) is 7.90. The molecule has 0 amide bonds. The first-order valence-corrected chi connectivity index (χ1v) is 5.45. The summed E-state index contributed by atoms with van der Waals surface area (Å²) < 4.78 is 15.3. The highest BCUT2D eigenvalue weighted by atomic mass is 19.1. The van der Waals surface area contributed by atoms with E-state index in [2.05, 4.69) is 0 Å². The number of Topliss-reactive ketones (excluding diaryl/α,β-unsaturated/α-hetero) is 1. The van der Waals surface area contributed by atoms with E-state index in [1.807, 2.05) is 6.07 Å². The monoisotopic (exact) mass is 242 g/mol. The number of hydrogen-bond donors (Lipinski definition) is 0. The molecule has 1 aromatic heterocycles. The van der Waals surface area contributed by atoms with Gasteiger partial charge in [-0.25, -0.2) is 4.39 Å². The molecule has 3 nitrogen and oxygen atoms in total. The van der Waals surface area contributed by atoms with Gasteiger partial charge >= 0.3 is 0 Å². The van der Waals surface area contributed by atoms with Crippen molar-refractivity contribution in [2.75, 3.05) is 0 Å². The first kappa shape index (κ1) is 12.1. The van der Waals surface area contributed by atoms with Crippen LogP contribution in [0.4, 0.5) is 4.39 Å². The Hall–Kier alpha value is -2.41.